The minimum Gasteiger partial charge on any atom is -0.328 e. The number of H-pyrrole nitrogens is 1. The van der Waals surface area contributed by atoms with Crippen LogP contribution in [0.2, 0.25) is 0 Å². The average molecular weight is 391 g/mol. The van der Waals surface area contributed by atoms with Gasteiger partial charge in [0.25, 0.3) is 5.91 Å². The van der Waals surface area contributed by atoms with E-state index in [9.17, 15) is 14.0 Å². The molecule has 2 aromatic heterocycles. The van der Waals surface area contributed by atoms with E-state index >= 15 is 0 Å². The van der Waals surface area contributed by atoms with Gasteiger partial charge in [-0.1, -0.05) is 30.3 Å². The molecule has 0 aliphatic carbocycles. The molecule has 4 aromatic rings. The molecule has 0 aliphatic heterocycles. The summed E-state index contributed by atoms with van der Waals surface area (Å²) in [5.41, 5.74) is 2.43. The lowest BCUT2D eigenvalue weighted by atomic mass is 10.1. The molecule has 2 heterocycles. The van der Waals surface area contributed by atoms with Crippen molar-refractivity contribution < 1.29 is 9.18 Å². The lowest BCUT2D eigenvalue weighted by Crippen LogP contribution is -2.15. The molecule has 138 valence electrons. The summed E-state index contributed by atoms with van der Waals surface area (Å²) in [7, 11) is 0. The van der Waals surface area contributed by atoms with Crippen molar-refractivity contribution in [3.63, 3.8) is 0 Å². The normalized spacial score (nSPS) is 10.6. The Morgan fingerprint density at radius 3 is 2.50 bits per heavy atom. The van der Waals surface area contributed by atoms with Gasteiger partial charge in [0.15, 0.2) is 0 Å². The van der Waals surface area contributed by atoms with E-state index in [4.69, 9.17) is 0 Å². The Hall–Kier alpha value is -3.58. The SMILES string of the molecule is O=C(Nc1ccccc1-c1csc(-c2ccccc2F)n1)c1ccc(=O)[nH]c1. The Kier molecular flexibility index (Phi) is 4.82. The second kappa shape index (κ2) is 7.58. The second-order valence-corrected chi connectivity index (χ2v) is 6.82. The van der Waals surface area contributed by atoms with Gasteiger partial charge in [-0.15, -0.1) is 11.3 Å². The number of pyridine rings is 1. The third-order valence-electron chi connectivity index (χ3n) is 4.11. The largest absolute Gasteiger partial charge is 0.328 e. The van der Waals surface area contributed by atoms with E-state index in [1.165, 1.54) is 35.7 Å². The van der Waals surface area contributed by atoms with Crippen molar-refractivity contribution in [3.05, 3.63) is 94.0 Å². The molecular formula is C21H14FN3O2S. The van der Waals surface area contributed by atoms with E-state index in [1.54, 1.807) is 30.3 Å². The van der Waals surface area contributed by atoms with Crippen molar-refractivity contribution in [2.45, 2.75) is 0 Å². The van der Waals surface area contributed by atoms with Gasteiger partial charge in [-0.25, -0.2) is 9.37 Å². The van der Waals surface area contributed by atoms with E-state index in [1.807, 2.05) is 17.5 Å². The molecule has 0 saturated carbocycles. The van der Waals surface area contributed by atoms with Crippen LogP contribution in [-0.2, 0) is 0 Å². The summed E-state index contributed by atoms with van der Waals surface area (Å²) in [5, 5.41) is 5.23. The standard InChI is InChI=1S/C21H14FN3O2S/c22-16-7-3-1-5-14(16)21-25-18(12-28-21)15-6-2-4-8-17(15)24-20(27)13-9-10-19(26)23-11-13/h1-12H,(H,23,26)(H,24,27). The van der Waals surface area contributed by atoms with Gasteiger partial charge in [0.1, 0.15) is 10.8 Å². The molecule has 2 aromatic carbocycles. The van der Waals surface area contributed by atoms with Crippen LogP contribution in [0.5, 0.6) is 0 Å². The van der Waals surface area contributed by atoms with Crippen LogP contribution in [0, 0.1) is 5.82 Å². The number of thiazole rings is 1. The number of aromatic nitrogens is 2. The fourth-order valence-corrected chi connectivity index (χ4v) is 3.56. The summed E-state index contributed by atoms with van der Waals surface area (Å²) in [5.74, 6) is -0.684. The van der Waals surface area contributed by atoms with Crippen molar-refractivity contribution in [1.29, 1.82) is 0 Å². The van der Waals surface area contributed by atoms with Crippen LogP contribution < -0.4 is 10.9 Å². The number of hydrogen-bond donors (Lipinski definition) is 2. The minimum absolute atomic E-state index is 0.278. The molecule has 0 fully saturated rings. The number of hydrogen-bond acceptors (Lipinski definition) is 4. The maximum Gasteiger partial charge on any atom is 0.257 e. The van der Waals surface area contributed by atoms with Crippen molar-refractivity contribution in [2.75, 3.05) is 5.32 Å². The smallest absolute Gasteiger partial charge is 0.257 e. The van der Waals surface area contributed by atoms with Crippen LogP contribution in [0.15, 0.2) is 77.0 Å². The Morgan fingerprint density at radius 1 is 1.00 bits per heavy atom. The molecule has 1 amide bonds. The van der Waals surface area contributed by atoms with Crippen molar-refractivity contribution >= 4 is 22.9 Å². The average Bonchev–Trinajstić information content (AvgIpc) is 3.19. The molecule has 28 heavy (non-hydrogen) atoms. The van der Waals surface area contributed by atoms with Crippen LogP contribution in [0.1, 0.15) is 10.4 Å². The van der Waals surface area contributed by atoms with Gasteiger partial charge in [0.2, 0.25) is 5.56 Å². The van der Waals surface area contributed by atoms with Crippen molar-refractivity contribution in [2.24, 2.45) is 0 Å². The first-order valence-corrected chi connectivity index (χ1v) is 9.30. The Bertz CT molecular complexity index is 1200. The first-order chi connectivity index (χ1) is 13.6. The van der Waals surface area contributed by atoms with Gasteiger partial charge in [-0.3, -0.25) is 9.59 Å². The minimum atomic E-state index is -0.353. The summed E-state index contributed by atoms with van der Waals surface area (Å²) in [4.78, 5) is 30.7. The van der Waals surface area contributed by atoms with Crippen LogP contribution in [0.4, 0.5) is 10.1 Å². The summed E-state index contributed by atoms with van der Waals surface area (Å²) in [6.45, 7) is 0. The summed E-state index contributed by atoms with van der Waals surface area (Å²) < 4.78 is 14.0. The predicted octanol–water partition coefficient (Wildman–Crippen LogP) is 4.56. The fraction of sp³-hybridized carbons (Fsp3) is 0. The summed E-state index contributed by atoms with van der Waals surface area (Å²) >= 11 is 1.33. The highest BCUT2D eigenvalue weighted by Crippen LogP contribution is 2.33. The molecule has 5 nitrogen and oxygen atoms in total. The lowest BCUT2D eigenvalue weighted by Gasteiger charge is -2.09. The number of amides is 1. The molecule has 0 spiro atoms. The molecule has 0 unspecified atom stereocenters. The highest BCUT2D eigenvalue weighted by Gasteiger charge is 2.14. The number of carbonyl (C=O) groups is 1. The number of nitrogens with zero attached hydrogens (tertiary/aromatic N) is 1. The molecular weight excluding hydrogens is 377 g/mol. The lowest BCUT2D eigenvalue weighted by molar-refractivity contribution is 0.102. The van der Waals surface area contributed by atoms with Gasteiger partial charge in [0, 0.05) is 28.8 Å². The fourth-order valence-electron chi connectivity index (χ4n) is 2.72. The number of para-hydroxylation sites is 1. The summed E-state index contributed by atoms with van der Waals surface area (Å²) in [6, 6.07) is 16.5. The molecule has 0 atom stereocenters. The van der Waals surface area contributed by atoms with Crippen LogP contribution in [-0.4, -0.2) is 15.9 Å². The van der Waals surface area contributed by atoms with Crippen molar-refractivity contribution in [1.82, 2.24) is 9.97 Å². The van der Waals surface area contributed by atoms with Gasteiger partial charge >= 0.3 is 0 Å². The molecule has 0 radical (unpaired) electrons. The molecule has 0 saturated heterocycles. The quantitative estimate of drug-likeness (QED) is 0.536. The van der Waals surface area contributed by atoms with E-state index in [0.717, 1.165) is 5.56 Å². The Morgan fingerprint density at radius 2 is 1.75 bits per heavy atom. The number of anilines is 1. The number of halogens is 1. The molecule has 7 heteroatoms. The zero-order valence-corrected chi connectivity index (χ0v) is 15.3. The predicted molar refractivity (Wildman–Crippen MR) is 108 cm³/mol. The number of nitrogens with one attached hydrogen (secondary N) is 2. The Balaban J connectivity index is 1.65. The van der Waals surface area contributed by atoms with E-state index in [0.29, 0.717) is 27.5 Å². The Labute approximate surface area is 163 Å². The third-order valence-corrected chi connectivity index (χ3v) is 4.98. The number of rotatable bonds is 4. The molecule has 0 bridgehead atoms. The van der Waals surface area contributed by atoms with Gasteiger partial charge in [0.05, 0.1) is 16.9 Å². The first-order valence-electron chi connectivity index (χ1n) is 8.42. The second-order valence-electron chi connectivity index (χ2n) is 5.96. The number of carbonyl (C=O) groups excluding carboxylic acids is 1. The zero-order valence-electron chi connectivity index (χ0n) is 14.5. The highest BCUT2D eigenvalue weighted by molar-refractivity contribution is 7.13. The summed E-state index contributed by atoms with van der Waals surface area (Å²) in [6.07, 6.45) is 1.36. The van der Waals surface area contributed by atoms with Gasteiger partial charge in [-0.05, 0) is 24.3 Å². The van der Waals surface area contributed by atoms with E-state index in [-0.39, 0.29) is 17.3 Å². The maximum absolute atomic E-state index is 14.0. The number of aromatic amines is 1. The first kappa shape index (κ1) is 17.8. The monoisotopic (exact) mass is 391 g/mol. The maximum atomic E-state index is 14.0. The highest BCUT2D eigenvalue weighted by atomic mass is 32.1. The molecule has 0 aliphatic rings. The third kappa shape index (κ3) is 3.60. The van der Waals surface area contributed by atoms with E-state index in [2.05, 4.69) is 15.3 Å². The van der Waals surface area contributed by atoms with Gasteiger partial charge < -0.3 is 10.3 Å². The van der Waals surface area contributed by atoms with Gasteiger partial charge in [-0.2, -0.15) is 0 Å². The molecule has 4 rings (SSSR count). The van der Waals surface area contributed by atoms with E-state index < -0.39 is 0 Å². The zero-order chi connectivity index (χ0) is 19.5. The number of benzene rings is 2. The van der Waals surface area contributed by atoms with Crippen LogP contribution in [0.3, 0.4) is 0 Å². The van der Waals surface area contributed by atoms with Crippen LogP contribution >= 0.6 is 11.3 Å². The van der Waals surface area contributed by atoms with Crippen molar-refractivity contribution in [3.8, 4) is 21.8 Å². The van der Waals surface area contributed by atoms with Crippen LogP contribution in [0.25, 0.3) is 21.8 Å². The topological polar surface area (TPSA) is 74.8 Å². The molecule has 2 N–H and O–H groups in total.